The van der Waals surface area contributed by atoms with Crippen LogP contribution < -0.4 is 15.4 Å². The highest BCUT2D eigenvalue weighted by Gasteiger charge is 2.19. The second-order valence-corrected chi connectivity index (χ2v) is 7.62. The van der Waals surface area contributed by atoms with Gasteiger partial charge in [0.05, 0.1) is 13.2 Å². The van der Waals surface area contributed by atoms with E-state index >= 15 is 0 Å². The summed E-state index contributed by atoms with van der Waals surface area (Å²) in [4.78, 5) is 4.81. The molecule has 28 heavy (non-hydrogen) atoms. The van der Waals surface area contributed by atoms with E-state index in [1.807, 2.05) is 24.6 Å². The van der Waals surface area contributed by atoms with Crippen molar-refractivity contribution in [2.75, 3.05) is 7.11 Å². The average Bonchev–Trinajstić information content (AvgIpc) is 3.30. The zero-order valence-electron chi connectivity index (χ0n) is 17.6. The minimum Gasteiger partial charge on any atom is -0.496 e. The number of hydrogen-bond donors (Lipinski definition) is 2. The van der Waals surface area contributed by atoms with E-state index in [9.17, 15) is 0 Å². The minimum absolute atomic E-state index is 0.0590. The first-order chi connectivity index (χ1) is 13.5. The fraction of sp³-hybridized carbons (Fsp3) is 0.571. The second-order valence-electron chi connectivity index (χ2n) is 7.62. The first-order valence-electron chi connectivity index (χ1n) is 10.0. The van der Waals surface area contributed by atoms with Gasteiger partial charge >= 0.3 is 0 Å². The van der Waals surface area contributed by atoms with Crippen LogP contribution >= 0.6 is 0 Å². The molecule has 0 amide bonds. The van der Waals surface area contributed by atoms with E-state index in [-0.39, 0.29) is 6.04 Å². The molecule has 1 aliphatic carbocycles. The summed E-state index contributed by atoms with van der Waals surface area (Å²) in [6, 6.07) is 6.78. The normalized spacial score (nSPS) is 16.2. The molecule has 1 fully saturated rings. The van der Waals surface area contributed by atoms with Gasteiger partial charge in [-0.1, -0.05) is 30.5 Å². The number of benzene rings is 1. The third-order valence-electron chi connectivity index (χ3n) is 5.46. The summed E-state index contributed by atoms with van der Waals surface area (Å²) in [5.41, 5.74) is 2.33. The highest BCUT2D eigenvalue weighted by atomic mass is 16.5. The number of aromatic nitrogens is 3. The number of rotatable bonds is 6. The SMILES string of the molecule is COc1ccc(C)cc1C(C)NC(=NCc1nnc(C)n1C)NC1CCCC1. The van der Waals surface area contributed by atoms with Crippen LogP contribution in [0.25, 0.3) is 0 Å². The Bertz CT molecular complexity index is 822. The van der Waals surface area contributed by atoms with E-state index in [1.54, 1.807) is 7.11 Å². The number of nitrogens with zero attached hydrogens (tertiary/aromatic N) is 4. The topological polar surface area (TPSA) is 76.4 Å². The molecule has 2 aromatic rings. The molecule has 1 unspecified atom stereocenters. The fourth-order valence-corrected chi connectivity index (χ4v) is 3.61. The van der Waals surface area contributed by atoms with E-state index in [2.05, 4.69) is 46.8 Å². The van der Waals surface area contributed by atoms with Crippen molar-refractivity contribution in [2.24, 2.45) is 12.0 Å². The number of ether oxygens (including phenoxy) is 1. The summed E-state index contributed by atoms with van der Waals surface area (Å²) < 4.78 is 7.54. The molecule has 0 saturated heterocycles. The lowest BCUT2D eigenvalue weighted by molar-refractivity contribution is 0.405. The third kappa shape index (κ3) is 4.82. The smallest absolute Gasteiger partial charge is 0.192 e. The molecule has 7 heteroatoms. The number of aryl methyl sites for hydroxylation is 2. The predicted octanol–water partition coefficient (Wildman–Crippen LogP) is 3.18. The Hall–Kier alpha value is -2.57. The van der Waals surface area contributed by atoms with E-state index in [0.717, 1.165) is 28.9 Å². The Balaban J connectivity index is 1.79. The summed E-state index contributed by atoms with van der Waals surface area (Å²) in [5, 5.41) is 15.5. The Morgan fingerprint density at radius 3 is 2.68 bits per heavy atom. The van der Waals surface area contributed by atoms with Crippen LogP contribution in [0, 0.1) is 13.8 Å². The van der Waals surface area contributed by atoms with Crippen molar-refractivity contribution >= 4 is 5.96 Å². The van der Waals surface area contributed by atoms with Gasteiger partial charge in [0.25, 0.3) is 0 Å². The summed E-state index contributed by atoms with van der Waals surface area (Å²) in [6.45, 7) is 6.66. The summed E-state index contributed by atoms with van der Waals surface area (Å²) >= 11 is 0. The lowest BCUT2D eigenvalue weighted by Crippen LogP contribution is -2.43. The number of methoxy groups -OCH3 is 1. The Kier molecular flexibility index (Phi) is 6.54. The van der Waals surface area contributed by atoms with Crippen LogP contribution in [0.15, 0.2) is 23.2 Å². The van der Waals surface area contributed by atoms with Crippen LogP contribution in [0.3, 0.4) is 0 Å². The summed E-state index contributed by atoms with van der Waals surface area (Å²) in [5.74, 6) is 3.44. The minimum atomic E-state index is 0.0590. The predicted molar refractivity (Wildman–Crippen MR) is 112 cm³/mol. The van der Waals surface area contributed by atoms with Crippen LogP contribution in [0.4, 0.5) is 0 Å². The molecule has 1 aliphatic rings. The lowest BCUT2D eigenvalue weighted by atomic mass is 10.0. The molecule has 2 N–H and O–H groups in total. The molecule has 3 rings (SSSR count). The second kappa shape index (κ2) is 9.08. The van der Waals surface area contributed by atoms with Gasteiger partial charge in [-0.2, -0.15) is 0 Å². The molecule has 0 bridgehead atoms. The van der Waals surface area contributed by atoms with Gasteiger partial charge < -0.3 is 19.9 Å². The van der Waals surface area contributed by atoms with E-state index < -0.39 is 0 Å². The highest BCUT2D eigenvalue weighted by molar-refractivity contribution is 5.80. The Morgan fingerprint density at radius 2 is 2.04 bits per heavy atom. The lowest BCUT2D eigenvalue weighted by Gasteiger charge is -2.23. The van der Waals surface area contributed by atoms with Crippen LogP contribution in [0.2, 0.25) is 0 Å². The van der Waals surface area contributed by atoms with Crippen LogP contribution in [-0.2, 0) is 13.6 Å². The average molecular weight is 385 g/mol. The van der Waals surface area contributed by atoms with Crippen molar-refractivity contribution in [1.29, 1.82) is 0 Å². The van der Waals surface area contributed by atoms with Crippen molar-refractivity contribution in [3.05, 3.63) is 41.0 Å². The van der Waals surface area contributed by atoms with E-state index in [0.29, 0.717) is 12.6 Å². The third-order valence-corrected chi connectivity index (χ3v) is 5.46. The highest BCUT2D eigenvalue weighted by Crippen LogP contribution is 2.26. The van der Waals surface area contributed by atoms with Gasteiger partial charge in [-0.3, -0.25) is 0 Å². The van der Waals surface area contributed by atoms with Crippen molar-refractivity contribution in [1.82, 2.24) is 25.4 Å². The number of nitrogens with one attached hydrogen (secondary N) is 2. The molecule has 0 aliphatic heterocycles. The maximum absolute atomic E-state index is 5.56. The quantitative estimate of drug-likeness (QED) is 0.591. The molecule has 7 nitrogen and oxygen atoms in total. The monoisotopic (exact) mass is 384 g/mol. The van der Waals surface area contributed by atoms with Gasteiger partial charge in [0, 0.05) is 18.7 Å². The standard InChI is InChI=1S/C21H32N6O/c1-14-10-11-19(28-5)18(12-14)15(2)23-21(24-17-8-6-7-9-17)22-13-20-26-25-16(3)27(20)4/h10-12,15,17H,6-9,13H2,1-5H3,(H2,22,23,24). The van der Waals surface area contributed by atoms with Gasteiger partial charge in [0.1, 0.15) is 18.1 Å². The largest absolute Gasteiger partial charge is 0.496 e. The maximum Gasteiger partial charge on any atom is 0.192 e. The molecule has 1 saturated carbocycles. The number of aliphatic imine (C=N–C) groups is 1. The number of guanidine groups is 1. The molecule has 0 spiro atoms. The zero-order valence-corrected chi connectivity index (χ0v) is 17.6. The Morgan fingerprint density at radius 1 is 1.29 bits per heavy atom. The van der Waals surface area contributed by atoms with Gasteiger partial charge in [0.2, 0.25) is 0 Å². The molecule has 1 aromatic carbocycles. The van der Waals surface area contributed by atoms with Crippen molar-refractivity contribution in [3.8, 4) is 5.75 Å². The molecular formula is C21H32N6O. The molecule has 152 valence electrons. The molecule has 1 aromatic heterocycles. The molecule has 1 heterocycles. The van der Waals surface area contributed by atoms with Crippen LogP contribution in [0.5, 0.6) is 5.75 Å². The maximum atomic E-state index is 5.56. The molecular weight excluding hydrogens is 352 g/mol. The van der Waals surface area contributed by atoms with Crippen molar-refractivity contribution in [3.63, 3.8) is 0 Å². The molecule has 0 radical (unpaired) electrons. The van der Waals surface area contributed by atoms with Crippen molar-refractivity contribution < 1.29 is 4.74 Å². The number of hydrogen-bond acceptors (Lipinski definition) is 4. The summed E-state index contributed by atoms with van der Waals surface area (Å²) in [6.07, 6.45) is 4.92. The first-order valence-corrected chi connectivity index (χ1v) is 10.0. The zero-order chi connectivity index (χ0) is 20.1. The van der Waals surface area contributed by atoms with E-state index in [1.165, 1.54) is 31.2 Å². The molecule has 1 atom stereocenters. The van der Waals surface area contributed by atoms with Gasteiger partial charge in [-0.15, -0.1) is 10.2 Å². The summed E-state index contributed by atoms with van der Waals surface area (Å²) in [7, 11) is 3.68. The van der Waals surface area contributed by atoms with Gasteiger partial charge in [0.15, 0.2) is 11.8 Å². The van der Waals surface area contributed by atoms with E-state index in [4.69, 9.17) is 9.73 Å². The fourth-order valence-electron chi connectivity index (χ4n) is 3.61. The van der Waals surface area contributed by atoms with Crippen LogP contribution in [-0.4, -0.2) is 33.9 Å². The van der Waals surface area contributed by atoms with Crippen molar-refractivity contribution in [2.45, 2.75) is 65.1 Å². The van der Waals surface area contributed by atoms with Crippen LogP contribution in [0.1, 0.15) is 61.4 Å². The van der Waals surface area contributed by atoms with Gasteiger partial charge in [-0.05, 0) is 39.7 Å². The van der Waals surface area contributed by atoms with Gasteiger partial charge in [-0.25, -0.2) is 4.99 Å². The Labute approximate surface area is 167 Å². The first kappa shape index (κ1) is 20.2.